The third-order valence-electron chi connectivity index (χ3n) is 1.65. The summed E-state index contributed by atoms with van der Waals surface area (Å²) in [7, 11) is 0. The molecule has 66 valence electrons. The minimum atomic E-state index is 0.789. The van der Waals surface area contributed by atoms with Crippen molar-refractivity contribution in [2.24, 2.45) is 5.92 Å². The molecule has 1 nitrogen and oxygen atoms in total. The van der Waals surface area contributed by atoms with E-state index in [-0.39, 0.29) is 0 Å². The van der Waals surface area contributed by atoms with Gasteiger partial charge in [-0.2, -0.15) is 0 Å². The van der Waals surface area contributed by atoms with Crippen LogP contribution in [0.3, 0.4) is 0 Å². The van der Waals surface area contributed by atoms with Crippen molar-refractivity contribution in [3.8, 4) is 0 Å². The van der Waals surface area contributed by atoms with E-state index in [1.807, 2.05) is 0 Å². The van der Waals surface area contributed by atoms with Gasteiger partial charge in [0.05, 0.1) is 0 Å². The second-order valence-corrected chi connectivity index (χ2v) is 3.46. The van der Waals surface area contributed by atoms with E-state index in [1.165, 1.54) is 18.5 Å². The first-order valence-corrected chi connectivity index (χ1v) is 4.58. The Balaban J connectivity index is 3.17. The lowest BCUT2D eigenvalue weighted by Gasteiger charge is -2.09. The largest absolute Gasteiger partial charge is 0.389 e. The van der Waals surface area contributed by atoms with Crippen molar-refractivity contribution in [1.82, 2.24) is 5.32 Å². The summed E-state index contributed by atoms with van der Waals surface area (Å²) >= 11 is 0. The summed E-state index contributed by atoms with van der Waals surface area (Å²) in [5, 5.41) is 3.32. The molecule has 0 atom stereocenters. The second kappa shape index (κ2) is 6.26. The van der Waals surface area contributed by atoms with Gasteiger partial charge in [-0.25, -0.2) is 0 Å². The Hall–Kier alpha value is -0.460. The standard InChI is InChI=1S/C10H21N/c1-5-6-10(4)11-8-7-9(2)3/h9,11H,4-8H2,1-3H3. The first kappa shape index (κ1) is 10.5. The smallest absolute Gasteiger partial charge is 0.0146 e. The summed E-state index contributed by atoms with van der Waals surface area (Å²) < 4.78 is 0. The molecule has 0 fully saturated rings. The van der Waals surface area contributed by atoms with Crippen LogP contribution in [0, 0.1) is 5.92 Å². The number of rotatable bonds is 6. The van der Waals surface area contributed by atoms with Crippen molar-refractivity contribution in [2.75, 3.05) is 6.54 Å². The Morgan fingerprint density at radius 2 is 2.09 bits per heavy atom. The van der Waals surface area contributed by atoms with Gasteiger partial charge in [-0.1, -0.05) is 33.8 Å². The van der Waals surface area contributed by atoms with Crippen LogP contribution in [0.25, 0.3) is 0 Å². The normalized spacial score (nSPS) is 10.2. The molecule has 0 heterocycles. The van der Waals surface area contributed by atoms with Crippen LogP contribution in [-0.2, 0) is 0 Å². The van der Waals surface area contributed by atoms with Crippen LogP contribution in [0.4, 0.5) is 0 Å². The van der Waals surface area contributed by atoms with E-state index >= 15 is 0 Å². The van der Waals surface area contributed by atoms with Crippen LogP contribution >= 0.6 is 0 Å². The lowest BCUT2D eigenvalue weighted by Crippen LogP contribution is -2.15. The average molecular weight is 155 g/mol. The molecule has 0 saturated carbocycles. The Labute approximate surface area is 70.9 Å². The molecule has 0 amide bonds. The zero-order chi connectivity index (χ0) is 8.69. The lowest BCUT2D eigenvalue weighted by molar-refractivity contribution is 0.557. The highest BCUT2D eigenvalue weighted by Gasteiger charge is 1.94. The second-order valence-electron chi connectivity index (χ2n) is 3.46. The Morgan fingerprint density at radius 1 is 1.45 bits per heavy atom. The molecule has 0 aliphatic rings. The Bertz CT molecular complexity index is 105. The van der Waals surface area contributed by atoms with Crippen LogP contribution in [-0.4, -0.2) is 6.54 Å². The zero-order valence-corrected chi connectivity index (χ0v) is 8.11. The first-order valence-electron chi connectivity index (χ1n) is 4.58. The minimum absolute atomic E-state index is 0.789. The molecule has 0 rings (SSSR count). The fourth-order valence-corrected chi connectivity index (χ4v) is 0.928. The minimum Gasteiger partial charge on any atom is -0.389 e. The molecule has 0 aromatic carbocycles. The molecular weight excluding hydrogens is 134 g/mol. The molecule has 0 bridgehead atoms. The van der Waals surface area contributed by atoms with E-state index in [9.17, 15) is 0 Å². The van der Waals surface area contributed by atoms with Gasteiger partial charge in [0.25, 0.3) is 0 Å². The van der Waals surface area contributed by atoms with Gasteiger partial charge in [-0.05, 0) is 18.8 Å². The number of nitrogens with one attached hydrogen (secondary N) is 1. The van der Waals surface area contributed by atoms with Crippen LogP contribution in [0.15, 0.2) is 12.3 Å². The van der Waals surface area contributed by atoms with Crippen LogP contribution in [0.5, 0.6) is 0 Å². The topological polar surface area (TPSA) is 12.0 Å². The van der Waals surface area contributed by atoms with Crippen molar-refractivity contribution < 1.29 is 0 Å². The molecule has 1 N–H and O–H groups in total. The monoisotopic (exact) mass is 155 g/mol. The van der Waals surface area contributed by atoms with Crippen LogP contribution in [0.2, 0.25) is 0 Å². The molecule has 1 heteroatoms. The van der Waals surface area contributed by atoms with Crippen molar-refractivity contribution in [3.63, 3.8) is 0 Å². The van der Waals surface area contributed by atoms with Crippen molar-refractivity contribution in [2.45, 2.75) is 40.0 Å². The van der Waals surface area contributed by atoms with Gasteiger partial charge in [0.15, 0.2) is 0 Å². The van der Waals surface area contributed by atoms with E-state index in [2.05, 4.69) is 32.7 Å². The van der Waals surface area contributed by atoms with E-state index in [0.29, 0.717) is 0 Å². The maximum Gasteiger partial charge on any atom is 0.0146 e. The van der Waals surface area contributed by atoms with Gasteiger partial charge in [-0.15, -0.1) is 0 Å². The predicted molar refractivity (Wildman–Crippen MR) is 51.5 cm³/mol. The highest BCUT2D eigenvalue weighted by Crippen LogP contribution is 2.00. The van der Waals surface area contributed by atoms with E-state index < -0.39 is 0 Å². The maximum absolute atomic E-state index is 3.93. The lowest BCUT2D eigenvalue weighted by atomic mass is 10.1. The molecule has 0 spiro atoms. The molecule has 0 saturated heterocycles. The van der Waals surface area contributed by atoms with E-state index in [0.717, 1.165) is 18.9 Å². The summed E-state index contributed by atoms with van der Waals surface area (Å²) in [6, 6.07) is 0. The molecule has 0 aliphatic carbocycles. The summed E-state index contributed by atoms with van der Waals surface area (Å²) in [4.78, 5) is 0. The predicted octanol–water partition coefficient (Wildman–Crippen LogP) is 2.94. The summed E-state index contributed by atoms with van der Waals surface area (Å²) in [6.45, 7) is 11.7. The summed E-state index contributed by atoms with van der Waals surface area (Å²) in [6.07, 6.45) is 3.54. The van der Waals surface area contributed by atoms with Gasteiger partial charge in [0.2, 0.25) is 0 Å². The van der Waals surface area contributed by atoms with E-state index in [4.69, 9.17) is 0 Å². The van der Waals surface area contributed by atoms with Crippen LogP contribution < -0.4 is 5.32 Å². The molecular formula is C10H21N. The van der Waals surface area contributed by atoms with Gasteiger partial charge in [0, 0.05) is 12.2 Å². The first-order chi connectivity index (χ1) is 5.16. The fourth-order valence-electron chi connectivity index (χ4n) is 0.928. The van der Waals surface area contributed by atoms with Crippen molar-refractivity contribution in [1.29, 1.82) is 0 Å². The molecule has 0 aromatic rings. The number of hydrogen-bond acceptors (Lipinski definition) is 1. The summed E-state index contributed by atoms with van der Waals surface area (Å²) in [5.74, 6) is 0.789. The van der Waals surface area contributed by atoms with Gasteiger partial charge in [0.1, 0.15) is 0 Å². The average Bonchev–Trinajstić information content (AvgIpc) is 1.87. The molecule has 11 heavy (non-hydrogen) atoms. The quantitative estimate of drug-likeness (QED) is 0.622. The van der Waals surface area contributed by atoms with Gasteiger partial charge < -0.3 is 5.32 Å². The molecule has 0 aliphatic heterocycles. The van der Waals surface area contributed by atoms with Crippen molar-refractivity contribution >= 4 is 0 Å². The third-order valence-corrected chi connectivity index (χ3v) is 1.65. The third kappa shape index (κ3) is 7.44. The van der Waals surface area contributed by atoms with E-state index in [1.54, 1.807) is 0 Å². The molecule has 0 aromatic heterocycles. The van der Waals surface area contributed by atoms with Gasteiger partial charge in [-0.3, -0.25) is 0 Å². The zero-order valence-electron chi connectivity index (χ0n) is 8.11. The molecule has 0 unspecified atom stereocenters. The number of hydrogen-bond donors (Lipinski definition) is 1. The highest BCUT2D eigenvalue weighted by molar-refractivity contribution is 4.89. The Kier molecular flexibility index (Phi) is 6.00. The SMILES string of the molecule is C=C(CCC)NCCC(C)C. The highest BCUT2D eigenvalue weighted by atomic mass is 14.9. The van der Waals surface area contributed by atoms with Crippen molar-refractivity contribution in [3.05, 3.63) is 12.3 Å². The van der Waals surface area contributed by atoms with Gasteiger partial charge >= 0.3 is 0 Å². The fraction of sp³-hybridized carbons (Fsp3) is 0.800. The van der Waals surface area contributed by atoms with Crippen LogP contribution in [0.1, 0.15) is 40.0 Å². The maximum atomic E-state index is 3.93. The summed E-state index contributed by atoms with van der Waals surface area (Å²) in [5.41, 5.74) is 1.19. The Morgan fingerprint density at radius 3 is 2.55 bits per heavy atom. The number of allylic oxidation sites excluding steroid dienone is 1. The molecule has 0 radical (unpaired) electrons.